The fraction of sp³-hybridized carbons (Fsp3) is 0.558. The third kappa shape index (κ3) is 19.8. The highest BCUT2D eigenvalue weighted by Gasteiger charge is 2.36. The number of carboxylic acids is 3. The van der Waals surface area contributed by atoms with Crippen molar-refractivity contribution in [1.29, 1.82) is 0 Å². The number of primary amides is 1. The highest BCUT2D eigenvalue weighted by Crippen LogP contribution is 2.20. The van der Waals surface area contributed by atoms with Crippen LogP contribution in [0.3, 0.4) is 0 Å². The standard InChI is InChI=1S/C43H64N10O15S/c1-20(2)34(41(65)50-29(43(67)68)16-17-69-5)52-42(66)35(22(4)54)53-39(63)28(12-15-33(58)59)49-40(64)30(18-23-19-46-26-9-7-6-8-24(23)26)51-38(62)27(11-14-32(56)57)48-36(60)21(3)47-37(61)25(44)10-13-31(45)55/h6-9,19-22,25,27-30,34-35,46,54H,10-18,44H2,1-5H3,(H2,45,55)(H,47,61)(H,48,60)(H,49,64)(H,50,65)(H,51,62)(H,52,66)(H,53,63)(H,56,57)(H,58,59)(H,67,68)/t21-,22+,25-,27-,28-,29-,30-,34-,35-/m0/s1. The number of aromatic nitrogens is 1. The Morgan fingerprint density at radius 1 is 0.609 bits per heavy atom. The minimum atomic E-state index is -1.82. The number of carboxylic acid groups (broad SMARTS) is 3. The van der Waals surface area contributed by atoms with Crippen molar-refractivity contribution in [3.05, 3.63) is 36.0 Å². The number of thioether (sulfide) groups is 1. The fourth-order valence-electron chi connectivity index (χ4n) is 6.65. The maximum Gasteiger partial charge on any atom is 0.326 e. The number of fused-ring (bicyclic) bond motifs is 1. The summed E-state index contributed by atoms with van der Waals surface area (Å²) >= 11 is 1.35. The molecular formula is C43H64N10O15S. The zero-order valence-electron chi connectivity index (χ0n) is 38.9. The Morgan fingerprint density at radius 3 is 1.65 bits per heavy atom. The summed E-state index contributed by atoms with van der Waals surface area (Å²) in [5.41, 5.74) is 12.0. The number of amides is 8. The third-order valence-corrected chi connectivity index (χ3v) is 11.3. The van der Waals surface area contributed by atoms with Gasteiger partial charge in [-0.15, -0.1) is 0 Å². The van der Waals surface area contributed by atoms with Gasteiger partial charge in [-0.1, -0.05) is 32.0 Å². The number of hydrogen-bond acceptors (Lipinski definition) is 14. The molecule has 0 saturated carbocycles. The number of hydrogen-bond donors (Lipinski definition) is 14. The zero-order chi connectivity index (χ0) is 52.1. The van der Waals surface area contributed by atoms with E-state index in [-0.39, 0.29) is 25.7 Å². The van der Waals surface area contributed by atoms with Gasteiger partial charge in [-0.05, 0) is 69.1 Å². The van der Waals surface area contributed by atoms with Crippen LogP contribution in [0.4, 0.5) is 0 Å². The van der Waals surface area contributed by atoms with Gasteiger partial charge in [-0.3, -0.25) is 47.9 Å². The molecule has 0 aliphatic heterocycles. The van der Waals surface area contributed by atoms with Crippen LogP contribution in [0.1, 0.15) is 78.2 Å². The van der Waals surface area contributed by atoms with E-state index in [9.17, 15) is 73.2 Å². The number of aliphatic hydroxyl groups excluding tert-OH is 1. The number of nitrogens with two attached hydrogens (primary N) is 2. The average molecular weight is 993 g/mol. The maximum absolute atomic E-state index is 14.3. The van der Waals surface area contributed by atoms with Crippen molar-refractivity contribution >= 4 is 87.8 Å². The van der Waals surface area contributed by atoms with Gasteiger partial charge < -0.3 is 74.1 Å². The summed E-state index contributed by atoms with van der Waals surface area (Å²) < 4.78 is 0. The summed E-state index contributed by atoms with van der Waals surface area (Å²) in [7, 11) is 0. The Labute approximate surface area is 401 Å². The van der Waals surface area contributed by atoms with Gasteiger partial charge in [-0.25, -0.2) is 4.79 Å². The van der Waals surface area contributed by atoms with Crippen molar-refractivity contribution in [1.82, 2.24) is 42.2 Å². The lowest BCUT2D eigenvalue weighted by Gasteiger charge is -2.29. The van der Waals surface area contributed by atoms with E-state index in [0.29, 0.717) is 22.2 Å². The summed E-state index contributed by atoms with van der Waals surface area (Å²) in [5.74, 6) is -12.1. The fourth-order valence-corrected chi connectivity index (χ4v) is 7.12. The van der Waals surface area contributed by atoms with E-state index in [1.807, 2.05) is 0 Å². The summed E-state index contributed by atoms with van der Waals surface area (Å²) in [6.07, 6.45) is -1.44. The molecule has 0 saturated heterocycles. The average Bonchev–Trinajstić information content (AvgIpc) is 3.68. The Morgan fingerprint density at radius 2 is 1.12 bits per heavy atom. The van der Waals surface area contributed by atoms with Gasteiger partial charge in [0.05, 0.1) is 12.1 Å². The topological polar surface area (TPSA) is 421 Å². The SMILES string of the molecule is CSCC[C@H](NC(=O)[C@@H](NC(=O)[C@@H](NC(=O)[C@H](CCC(=O)O)NC(=O)[C@H](Cc1c[nH]c2ccccc12)NC(=O)[C@H](CCC(=O)O)NC(=O)[C@H](C)NC(=O)[C@@H](N)CCC(N)=O)[C@@H](C)O)C(C)C)C(=O)O. The molecule has 1 heterocycles. The zero-order valence-corrected chi connectivity index (χ0v) is 39.7. The van der Waals surface area contributed by atoms with E-state index < -0.39 is 151 Å². The molecule has 16 N–H and O–H groups in total. The minimum Gasteiger partial charge on any atom is -0.481 e. The molecule has 0 aliphatic rings. The van der Waals surface area contributed by atoms with Gasteiger partial charge >= 0.3 is 17.9 Å². The molecule has 2 aromatic rings. The van der Waals surface area contributed by atoms with Crippen LogP contribution in [0, 0.1) is 5.92 Å². The number of benzene rings is 1. The van der Waals surface area contributed by atoms with Gasteiger partial charge in [0.2, 0.25) is 47.3 Å². The lowest BCUT2D eigenvalue weighted by molar-refractivity contribution is -0.143. The number of rotatable bonds is 31. The van der Waals surface area contributed by atoms with Crippen LogP contribution in [0.15, 0.2) is 30.5 Å². The van der Waals surface area contributed by atoms with Crippen LogP contribution in [-0.4, -0.2) is 157 Å². The number of carbonyl (C=O) groups excluding carboxylic acids is 8. The first kappa shape index (κ1) is 58.3. The van der Waals surface area contributed by atoms with Crippen LogP contribution >= 0.6 is 11.8 Å². The summed E-state index contributed by atoms with van der Waals surface area (Å²) in [6.45, 7) is 5.48. The van der Waals surface area contributed by atoms with E-state index in [4.69, 9.17) is 11.5 Å². The Kier molecular flexibility index (Phi) is 24.1. The first-order valence-electron chi connectivity index (χ1n) is 21.9. The quantitative estimate of drug-likeness (QED) is 0.0366. The van der Waals surface area contributed by atoms with Crippen molar-refractivity contribution in [3.8, 4) is 0 Å². The van der Waals surface area contributed by atoms with Crippen molar-refractivity contribution in [2.45, 2.75) is 134 Å². The molecule has 26 heteroatoms. The van der Waals surface area contributed by atoms with E-state index in [0.717, 1.165) is 6.92 Å². The molecule has 0 bridgehead atoms. The molecule has 382 valence electrons. The van der Waals surface area contributed by atoms with Crippen molar-refractivity contribution in [2.24, 2.45) is 17.4 Å². The number of carbonyl (C=O) groups is 11. The molecule has 0 radical (unpaired) electrons. The largest absolute Gasteiger partial charge is 0.481 e. The van der Waals surface area contributed by atoms with Crippen LogP contribution in [0.5, 0.6) is 0 Å². The van der Waals surface area contributed by atoms with Gasteiger partial charge in [0.15, 0.2) is 0 Å². The highest BCUT2D eigenvalue weighted by molar-refractivity contribution is 7.98. The molecule has 25 nitrogen and oxygen atoms in total. The molecule has 1 aromatic heterocycles. The Hall–Kier alpha value is -6.80. The van der Waals surface area contributed by atoms with E-state index in [1.165, 1.54) is 24.9 Å². The van der Waals surface area contributed by atoms with Crippen LogP contribution in [0.2, 0.25) is 0 Å². The lowest BCUT2D eigenvalue weighted by atomic mass is 10.0. The van der Waals surface area contributed by atoms with E-state index >= 15 is 0 Å². The molecule has 0 spiro atoms. The van der Waals surface area contributed by atoms with E-state index in [1.54, 1.807) is 44.4 Å². The number of aliphatic hydroxyl groups is 1. The number of nitrogens with one attached hydrogen (secondary N) is 8. The molecular weight excluding hydrogens is 929 g/mol. The molecule has 69 heavy (non-hydrogen) atoms. The number of aliphatic carboxylic acids is 3. The molecule has 0 fully saturated rings. The second-order valence-electron chi connectivity index (χ2n) is 16.6. The molecule has 0 aliphatic carbocycles. The molecule has 8 amide bonds. The highest BCUT2D eigenvalue weighted by atomic mass is 32.2. The van der Waals surface area contributed by atoms with Gasteiger partial charge in [0.25, 0.3) is 0 Å². The Bertz CT molecular complexity index is 2170. The maximum atomic E-state index is 14.3. The van der Waals surface area contributed by atoms with Crippen molar-refractivity contribution in [3.63, 3.8) is 0 Å². The molecule has 0 unspecified atom stereocenters. The number of para-hydroxylation sites is 1. The van der Waals surface area contributed by atoms with Gasteiger partial charge in [-0.2, -0.15) is 11.8 Å². The smallest absolute Gasteiger partial charge is 0.326 e. The Balaban J connectivity index is 2.47. The molecule has 2 rings (SSSR count). The number of aromatic amines is 1. The number of H-pyrrole nitrogens is 1. The lowest BCUT2D eigenvalue weighted by Crippen LogP contribution is -2.62. The first-order chi connectivity index (χ1) is 32.4. The van der Waals surface area contributed by atoms with Gasteiger partial charge in [0, 0.05) is 42.8 Å². The van der Waals surface area contributed by atoms with Crippen LogP contribution < -0.4 is 48.7 Å². The summed E-state index contributed by atoms with van der Waals surface area (Å²) in [5, 5.41) is 56.6. The minimum absolute atomic E-state index is 0.0732. The molecule has 1 aromatic carbocycles. The summed E-state index contributed by atoms with van der Waals surface area (Å²) in [6, 6.07) is -5.22. The van der Waals surface area contributed by atoms with Crippen molar-refractivity contribution in [2.75, 3.05) is 12.0 Å². The second kappa shape index (κ2) is 28.5. The third-order valence-electron chi connectivity index (χ3n) is 10.6. The van der Waals surface area contributed by atoms with Crippen LogP contribution in [-0.2, 0) is 59.2 Å². The monoisotopic (exact) mass is 992 g/mol. The predicted molar refractivity (Wildman–Crippen MR) is 248 cm³/mol. The van der Waals surface area contributed by atoms with Crippen molar-refractivity contribution < 1.29 is 73.2 Å². The van der Waals surface area contributed by atoms with Gasteiger partial charge in [0.1, 0.15) is 42.3 Å². The van der Waals surface area contributed by atoms with Crippen LogP contribution in [0.25, 0.3) is 10.9 Å². The second-order valence-corrected chi connectivity index (χ2v) is 17.6. The molecule has 9 atom stereocenters. The predicted octanol–water partition coefficient (Wildman–Crippen LogP) is -2.68. The summed E-state index contributed by atoms with van der Waals surface area (Å²) in [4.78, 5) is 144. The normalized spacial score (nSPS) is 15.1. The first-order valence-corrected chi connectivity index (χ1v) is 23.3. The van der Waals surface area contributed by atoms with E-state index in [2.05, 4.69) is 42.2 Å².